The molecule has 3 aromatic rings. The van der Waals surface area contributed by atoms with Crippen LogP contribution in [-0.2, 0) is 5.41 Å². The van der Waals surface area contributed by atoms with E-state index in [0.29, 0.717) is 5.89 Å². The van der Waals surface area contributed by atoms with Crippen molar-refractivity contribution in [3.05, 3.63) is 53.6 Å². The second-order valence-electron chi connectivity index (χ2n) is 6.27. The largest absolute Gasteiger partial charge is 0.436 e. The lowest BCUT2D eigenvalue weighted by Crippen LogP contribution is -2.11. The van der Waals surface area contributed by atoms with Gasteiger partial charge in [-0.2, -0.15) is 0 Å². The van der Waals surface area contributed by atoms with Crippen molar-refractivity contribution in [3.63, 3.8) is 0 Å². The van der Waals surface area contributed by atoms with Crippen LogP contribution in [0.1, 0.15) is 31.9 Å². The van der Waals surface area contributed by atoms with E-state index in [-0.39, 0.29) is 5.41 Å². The maximum atomic E-state index is 5.85. The molecule has 20 heavy (non-hydrogen) atoms. The first-order valence-corrected chi connectivity index (χ1v) is 6.92. The predicted molar refractivity (Wildman–Crippen MR) is 82.9 cm³/mol. The van der Waals surface area contributed by atoms with Crippen LogP contribution in [0.5, 0.6) is 0 Å². The minimum Gasteiger partial charge on any atom is -0.436 e. The van der Waals surface area contributed by atoms with Gasteiger partial charge in [-0.25, -0.2) is 4.98 Å². The van der Waals surface area contributed by atoms with E-state index < -0.39 is 0 Å². The van der Waals surface area contributed by atoms with E-state index in [4.69, 9.17) is 4.42 Å². The second kappa shape index (κ2) is 4.48. The molecule has 0 atom stereocenters. The van der Waals surface area contributed by atoms with Crippen LogP contribution >= 0.6 is 0 Å². The van der Waals surface area contributed by atoms with Gasteiger partial charge in [-0.15, -0.1) is 0 Å². The van der Waals surface area contributed by atoms with Crippen molar-refractivity contribution >= 4 is 11.1 Å². The van der Waals surface area contributed by atoms with Crippen molar-refractivity contribution in [2.24, 2.45) is 0 Å². The van der Waals surface area contributed by atoms with Gasteiger partial charge in [0.15, 0.2) is 5.58 Å². The number of nitrogens with zero attached hydrogens (tertiary/aromatic N) is 1. The molecule has 0 aliphatic rings. The highest BCUT2D eigenvalue weighted by Gasteiger charge is 2.16. The Kier molecular flexibility index (Phi) is 2.89. The number of para-hydroxylation sites is 2. The number of aromatic nitrogens is 1. The predicted octanol–water partition coefficient (Wildman–Crippen LogP) is 5.10. The number of fused-ring (bicyclic) bond motifs is 1. The summed E-state index contributed by atoms with van der Waals surface area (Å²) in [5, 5.41) is 0. The molecule has 0 N–H and O–H groups in total. The van der Waals surface area contributed by atoms with Crippen molar-refractivity contribution < 1.29 is 4.42 Å². The number of aryl methyl sites for hydroxylation is 1. The molecule has 0 unspecified atom stereocenters. The second-order valence-corrected chi connectivity index (χ2v) is 6.27. The molecule has 0 spiro atoms. The zero-order chi connectivity index (χ0) is 14.3. The van der Waals surface area contributed by atoms with Gasteiger partial charge >= 0.3 is 0 Å². The molecule has 2 heteroatoms. The van der Waals surface area contributed by atoms with Crippen LogP contribution in [-0.4, -0.2) is 4.98 Å². The van der Waals surface area contributed by atoms with Gasteiger partial charge in [0.2, 0.25) is 5.89 Å². The summed E-state index contributed by atoms with van der Waals surface area (Å²) in [5.74, 6) is 0.698. The van der Waals surface area contributed by atoms with Crippen LogP contribution in [0.4, 0.5) is 0 Å². The topological polar surface area (TPSA) is 26.0 Å². The Morgan fingerprint density at radius 1 is 1.00 bits per heavy atom. The molecule has 1 aromatic heterocycles. The van der Waals surface area contributed by atoms with Gasteiger partial charge in [-0.05, 0) is 41.7 Å². The van der Waals surface area contributed by atoms with Gasteiger partial charge in [0.1, 0.15) is 5.52 Å². The summed E-state index contributed by atoms with van der Waals surface area (Å²) in [4.78, 5) is 4.57. The molecule has 102 valence electrons. The van der Waals surface area contributed by atoms with Crippen molar-refractivity contribution in [2.75, 3.05) is 0 Å². The first-order chi connectivity index (χ1) is 9.45. The lowest BCUT2D eigenvalue weighted by atomic mass is 9.85. The zero-order valence-electron chi connectivity index (χ0n) is 12.4. The van der Waals surface area contributed by atoms with E-state index in [1.165, 1.54) is 11.1 Å². The van der Waals surface area contributed by atoms with Crippen LogP contribution in [0.25, 0.3) is 22.6 Å². The highest BCUT2D eigenvalue weighted by molar-refractivity contribution is 5.76. The average Bonchev–Trinajstić information content (AvgIpc) is 2.80. The van der Waals surface area contributed by atoms with E-state index in [1.54, 1.807) is 0 Å². The van der Waals surface area contributed by atoms with Gasteiger partial charge in [-0.1, -0.05) is 45.0 Å². The third-order valence-electron chi connectivity index (χ3n) is 3.62. The first kappa shape index (κ1) is 12.9. The van der Waals surface area contributed by atoms with E-state index in [1.807, 2.05) is 24.3 Å². The summed E-state index contributed by atoms with van der Waals surface area (Å²) in [6, 6.07) is 14.4. The minimum atomic E-state index is 0.157. The van der Waals surface area contributed by atoms with Crippen molar-refractivity contribution in [2.45, 2.75) is 33.1 Å². The van der Waals surface area contributed by atoms with E-state index in [9.17, 15) is 0 Å². The van der Waals surface area contributed by atoms with Crippen LogP contribution in [0.15, 0.2) is 46.9 Å². The molecule has 3 rings (SSSR count). The van der Waals surface area contributed by atoms with Crippen molar-refractivity contribution in [1.82, 2.24) is 4.98 Å². The molecule has 2 aromatic carbocycles. The standard InChI is InChI=1S/C18H19NO/c1-12-11-13(18(2,3)4)9-10-14(12)17-19-15-7-5-6-8-16(15)20-17/h5-11H,1-4H3. The first-order valence-electron chi connectivity index (χ1n) is 6.92. The van der Waals surface area contributed by atoms with Gasteiger partial charge in [0, 0.05) is 5.56 Å². The van der Waals surface area contributed by atoms with Crippen molar-refractivity contribution in [1.29, 1.82) is 0 Å². The Morgan fingerprint density at radius 2 is 1.75 bits per heavy atom. The molecule has 0 saturated carbocycles. The normalized spacial score (nSPS) is 12.0. The van der Waals surface area contributed by atoms with Gasteiger partial charge in [-0.3, -0.25) is 0 Å². The number of hydrogen-bond acceptors (Lipinski definition) is 2. The van der Waals surface area contributed by atoms with Crippen LogP contribution in [0.2, 0.25) is 0 Å². The van der Waals surface area contributed by atoms with E-state index >= 15 is 0 Å². The van der Waals surface area contributed by atoms with Crippen LogP contribution < -0.4 is 0 Å². The molecule has 2 nitrogen and oxygen atoms in total. The van der Waals surface area contributed by atoms with Gasteiger partial charge in [0.25, 0.3) is 0 Å². The highest BCUT2D eigenvalue weighted by Crippen LogP contribution is 2.30. The number of hydrogen-bond donors (Lipinski definition) is 0. The molecule has 0 bridgehead atoms. The molecule has 0 fully saturated rings. The Hall–Kier alpha value is -2.09. The summed E-state index contributed by atoms with van der Waals surface area (Å²) in [5.41, 5.74) is 5.49. The molecular weight excluding hydrogens is 246 g/mol. The minimum absolute atomic E-state index is 0.157. The quantitative estimate of drug-likeness (QED) is 0.611. The van der Waals surface area contributed by atoms with Crippen LogP contribution in [0.3, 0.4) is 0 Å². The fourth-order valence-corrected chi connectivity index (χ4v) is 2.36. The fraction of sp³-hybridized carbons (Fsp3) is 0.278. The van der Waals surface area contributed by atoms with E-state index in [0.717, 1.165) is 16.7 Å². The number of rotatable bonds is 1. The summed E-state index contributed by atoms with van der Waals surface area (Å²) in [6.07, 6.45) is 0. The number of oxazole rings is 1. The fourth-order valence-electron chi connectivity index (χ4n) is 2.36. The summed E-state index contributed by atoms with van der Waals surface area (Å²) < 4.78 is 5.85. The lowest BCUT2D eigenvalue weighted by Gasteiger charge is -2.20. The Morgan fingerprint density at radius 3 is 2.40 bits per heavy atom. The molecule has 0 amide bonds. The Bertz CT molecular complexity index is 729. The number of benzene rings is 2. The third kappa shape index (κ3) is 2.22. The van der Waals surface area contributed by atoms with Gasteiger partial charge in [0.05, 0.1) is 0 Å². The molecule has 0 aliphatic carbocycles. The molecular formula is C18H19NO. The van der Waals surface area contributed by atoms with Gasteiger partial charge < -0.3 is 4.42 Å². The summed E-state index contributed by atoms with van der Waals surface area (Å²) in [6.45, 7) is 8.78. The van der Waals surface area contributed by atoms with Crippen LogP contribution in [0, 0.1) is 6.92 Å². The molecule has 0 aliphatic heterocycles. The third-order valence-corrected chi connectivity index (χ3v) is 3.62. The molecule has 0 radical (unpaired) electrons. The Labute approximate surface area is 119 Å². The highest BCUT2D eigenvalue weighted by atomic mass is 16.3. The monoisotopic (exact) mass is 265 g/mol. The zero-order valence-corrected chi connectivity index (χ0v) is 12.4. The van der Waals surface area contributed by atoms with E-state index in [2.05, 4.69) is 50.9 Å². The maximum absolute atomic E-state index is 5.85. The lowest BCUT2D eigenvalue weighted by molar-refractivity contribution is 0.589. The average molecular weight is 265 g/mol. The van der Waals surface area contributed by atoms with Crippen molar-refractivity contribution in [3.8, 4) is 11.5 Å². The summed E-state index contributed by atoms with van der Waals surface area (Å²) >= 11 is 0. The Balaban J connectivity index is 2.10. The SMILES string of the molecule is Cc1cc(C(C)(C)C)ccc1-c1nc2ccccc2o1. The molecule has 1 heterocycles. The smallest absolute Gasteiger partial charge is 0.227 e. The maximum Gasteiger partial charge on any atom is 0.227 e. The summed E-state index contributed by atoms with van der Waals surface area (Å²) in [7, 11) is 0. The molecule has 0 saturated heterocycles.